The van der Waals surface area contributed by atoms with E-state index in [1.807, 2.05) is 55.6 Å². The Kier molecular flexibility index (Phi) is 5.56. The Hall–Kier alpha value is -2.53. The summed E-state index contributed by atoms with van der Waals surface area (Å²) in [6, 6.07) is 17.9. The molecule has 3 aromatic rings. The molecule has 3 rings (SSSR count). The Morgan fingerprint density at radius 3 is 2.52 bits per heavy atom. The minimum Gasteiger partial charge on any atom is -0.441 e. The van der Waals surface area contributed by atoms with Gasteiger partial charge in [0, 0.05) is 17.0 Å². The molecule has 1 heterocycles. The quantitative estimate of drug-likeness (QED) is 0.675. The van der Waals surface area contributed by atoms with Crippen LogP contribution in [0.15, 0.2) is 63.9 Å². The van der Waals surface area contributed by atoms with Gasteiger partial charge in [-0.05, 0) is 43.0 Å². The van der Waals surface area contributed by atoms with Crippen molar-refractivity contribution in [1.82, 2.24) is 10.3 Å². The first kappa shape index (κ1) is 17.3. The van der Waals surface area contributed by atoms with Gasteiger partial charge in [0.15, 0.2) is 0 Å². The molecule has 1 aromatic heterocycles. The molecule has 4 nitrogen and oxygen atoms in total. The van der Waals surface area contributed by atoms with E-state index in [2.05, 4.69) is 22.4 Å². The van der Waals surface area contributed by atoms with E-state index in [1.54, 1.807) is 11.8 Å². The maximum absolute atomic E-state index is 12.2. The number of benzene rings is 2. The topological polar surface area (TPSA) is 55.1 Å². The second kappa shape index (κ2) is 8.03. The highest BCUT2D eigenvalue weighted by Crippen LogP contribution is 2.21. The van der Waals surface area contributed by atoms with Crippen molar-refractivity contribution >= 4 is 17.7 Å². The minimum absolute atomic E-state index is 0.0649. The van der Waals surface area contributed by atoms with Gasteiger partial charge < -0.3 is 9.73 Å². The van der Waals surface area contributed by atoms with Gasteiger partial charge in [0.25, 0.3) is 0 Å². The van der Waals surface area contributed by atoms with E-state index in [0.29, 0.717) is 23.9 Å². The minimum atomic E-state index is -0.0649. The van der Waals surface area contributed by atoms with Crippen LogP contribution < -0.4 is 5.32 Å². The first-order chi connectivity index (χ1) is 12.2. The fraction of sp³-hybridized carbons (Fsp3) is 0.200. The normalized spacial score (nSPS) is 10.6. The van der Waals surface area contributed by atoms with Crippen molar-refractivity contribution in [2.24, 2.45) is 0 Å². The number of oxazole rings is 1. The Balaban J connectivity index is 1.60. The van der Waals surface area contributed by atoms with Gasteiger partial charge in [0.1, 0.15) is 5.76 Å². The zero-order valence-electron chi connectivity index (χ0n) is 14.3. The first-order valence-corrected chi connectivity index (χ1v) is 9.29. The Bertz CT molecular complexity index is 842. The zero-order chi connectivity index (χ0) is 17.6. The van der Waals surface area contributed by atoms with E-state index < -0.39 is 0 Å². The van der Waals surface area contributed by atoms with E-state index in [9.17, 15) is 4.79 Å². The molecule has 0 bridgehead atoms. The monoisotopic (exact) mass is 352 g/mol. The Labute approximate surface area is 151 Å². The molecular formula is C20H20N2O2S. The highest BCUT2D eigenvalue weighted by atomic mass is 32.2. The maximum Gasteiger partial charge on any atom is 0.226 e. The molecule has 5 heteroatoms. The van der Waals surface area contributed by atoms with Crippen LogP contribution in [0.5, 0.6) is 0 Å². The number of nitrogens with zero attached hydrogens (tertiary/aromatic N) is 1. The Morgan fingerprint density at radius 2 is 1.84 bits per heavy atom. The predicted octanol–water partition coefficient (Wildman–Crippen LogP) is 4.23. The molecule has 0 atom stereocenters. The molecule has 25 heavy (non-hydrogen) atoms. The van der Waals surface area contributed by atoms with Gasteiger partial charge in [-0.2, -0.15) is 0 Å². The molecule has 0 fully saturated rings. The van der Waals surface area contributed by atoms with E-state index in [1.165, 1.54) is 4.90 Å². The molecule has 0 spiro atoms. The summed E-state index contributed by atoms with van der Waals surface area (Å²) in [6.45, 7) is 2.35. The number of aromatic nitrogens is 1. The number of hydrogen-bond acceptors (Lipinski definition) is 4. The summed E-state index contributed by atoms with van der Waals surface area (Å²) in [5, 5.41) is 2.93. The third-order valence-corrected chi connectivity index (χ3v) is 4.63. The molecule has 0 aliphatic carbocycles. The van der Waals surface area contributed by atoms with Crippen LogP contribution in [-0.4, -0.2) is 17.1 Å². The van der Waals surface area contributed by atoms with Crippen LogP contribution >= 0.6 is 11.8 Å². The van der Waals surface area contributed by atoms with Crippen LogP contribution in [0.3, 0.4) is 0 Å². The number of hydrogen-bond donors (Lipinski definition) is 1. The smallest absolute Gasteiger partial charge is 0.226 e. The standard InChI is InChI=1S/C20H20N2O2S/c1-14-18(22-20(24-14)16-6-4-3-5-7-16)12-19(23)21-13-15-8-10-17(25-2)11-9-15/h3-11H,12-13H2,1-2H3,(H,21,23). The zero-order valence-corrected chi connectivity index (χ0v) is 15.1. The molecule has 128 valence electrons. The molecule has 0 aliphatic rings. The van der Waals surface area contributed by atoms with E-state index in [4.69, 9.17) is 4.42 Å². The van der Waals surface area contributed by atoms with E-state index >= 15 is 0 Å². The molecule has 0 saturated carbocycles. The van der Waals surface area contributed by atoms with Crippen LogP contribution in [0, 0.1) is 6.92 Å². The fourth-order valence-electron chi connectivity index (χ4n) is 2.45. The van der Waals surface area contributed by atoms with Gasteiger partial charge in [-0.25, -0.2) is 4.98 Å². The molecule has 0 saturated heterocycles. The van der Waals surface area contributed by atoms with E-state index in [-0.39, 0.29) is 12.3 Å². The number of nitrogens with one attached hydrogen (secondary N) is 1. The number of carbonyl (C=O) groups excluding carboxylic acids is 1. The molecule has 1 N–H and O–H groups in total. The van der Waals surface area contributed by atoms with Crippen LogP contribution in [0.2, 0.25) is 0 Å². The lowest BCUT2D eigenvalue weighted by Gasteiger charge is -2.05. The van der Waals surface area contributed by atoms with Gasteiger partial charge in [0.2, 0.25) is 11.8 Å². The third kappa shape index (κ3) is 4.51. The van der Waals surface area contributed by atoms with E-state index in [0.717, 1.165) is 11.1 Å². The molecule has 0 aliphatic heterocycles. The fourth-order valence-corrected chi connectivity index (χ4v) is 2.86. The number of rotatable bonds is 6. The largest absolute Gasteiger partial charge is 0.441 e. The van der Waals surface area contributed by atoms with Crippen LogP contribution in [-0.2, 0) is 17.8 Å². The summed E-state index contributed by atoms with van der Waals surface area (Å²) < 4.78 is 5.70. The van der Waals surface area contributed by atoms with Crippen molar-refractivity contribution in [1.29, 1.82) is 0 Å². The number of amides is 1. The average molecular weight is 352 g/mol. The van der Waals surface area contributed by atoms with Crippen molar-refractivity contribution in [3.8, 4) is 11.5 Å². The lowest BCUT2D eigenvalue weighted by Crippen LogP contribution is -2.24. The van der Waals surface area contributed by atoms with Crippen molar-refractivity contribution in [3.05, 3.63) is 71.6 Å². The van der Waals surface area contributed by atoms with Gasteiger partial charge in [-0.1, -0.05) is 30.3 Å². The summed E-state index contributed by atoms with van der Waals surface area (Å²) in [5.41, 5.74) is 2.66. The number of thioether (sulfide) groups is 1. The first-order valence-electron chi connectivity index (χ1n) is 8.07. The summed E-state index contributed by atoms with van der Waals surface area (Å²) in [7, 11) is 0. The SMILES string of the molecule is CSc1ccc(CNC(=O)Cc2nc(-c3ccccc3)oc2C)cc1. The Morgan fingerprint density at radius 1 is 1.12 bits per heavy atom. The molecular weight excluding hydrogens is 332 g/mol. The maximum atomic E-state index is 12.2. The van der Waals surface area contributed by atoms with Crippen LogP contribution in [0.4, 0.5) is 0 Å². The second-order valence-corrected chi connectivity index (χ2v) is 6.57. The number of aryl methyl sites for hydroxylation is 1. The summed E-state index contributed by atoms with van der Waals surface area (Å²) in [6.07, 6.45) is 2.26. The van der Waals surface area contributed by atoms with Gasteiger partial charge in [-0.3, -0.25) is 4.79 Å². The highest BCUT2D eigenvalue weighted by Gasteiger charge is 2.14. The van der Waals surface area contributed by atoms with Crippen LogP contribution in [0.1, 0.15) is 17.0 Å². The molecule has 2 aromatic carbocycles. The molecule has 0 radical (unpaired) electrons. The van der Waals surface area contributed by atoms with Gasteiger partial charge in [0.05, 0.1) is 12.1 Å². The molecule has 1 amide bonds. The molecule has 0 unspecified atom stereocenters. The number of carbonyl (C=O) groups is 1. The van der Waals surface area contributed by atoms with Gasteiger partial charge >= 0.3 is 0 Å². The summed E-state index contributed by atoms with van der Waals surface area (Å²) in [4.78, 5) is 17.9. The predicted molar refractivity (Wildman–Crippen MR) is 100 cm³/mol. The second-order valence-electron chi connectivity index (χ2n) is 5.69. The third-order valence-electron chi connectivity index (χ3n) is 3.89. The lowest BCUT2D eigenvalue weighted by atomic mass is 10.2. The lowest BCUT2D eigenvalue weighted by molar-refractivity contribution is -0.120. The van der Waals surface area contributed by atoms with Crippen molar-refractivity contribution in [2.75, 3.05) is 6.26 Å². The van der Waals surface area contributed by atoms with Crippen LogP contribution in [0.25, 0.3) is 11.5 Å². The summed E-state index contributed by atoms with van der Waals surface area (Å²) >= 11 is 1.70. The summed E-state index contributed by atoms with van der Waals surface area (Å²) in [5.74, 6) is 1.16. The van der Waals surface area contributed by atoms with Crippen molar-refractivity contribution < 1.29 is 9.21 Å². The van der Waals surface area contributed by atoms with Crippen molar-refractivity contribution in [3.63, 3.8) is 0 Å². The van der Waals surface area contributed by atoms with Crippen molar-refractivity contribution in [2.45, 2.75) is 24.8 Å². The average Bonchev–Trinajstić information content (AvgIpc) is 3.01. The van der Waals surface area contributed by atoms with Gasteiger partial charge in [-0.15, -0.1) is 11.8 Å². The highest BCUT2D eigenvalue weighted by molar-refractivity contribution is 7.98.